The van der Waals surface area contributed by atoms with Gasteiger partial charge in [-0.15, -0.1) is 0 Å². The summed E-state index contributed by atoms with van der Waals surface area (Å²) in [6.45, 7) is 0. The van der Waals surface area contributed by atoms with E-state index in [0.29, 0.717) is 17.1 Å². The van der Waals surface area contributed by atoms with Crippen LogP contribution in [0.4, 0.5) is 10.1 Å². The summed E-state index contributed by atoms with van der Waals surface area (Å²) in [4.78, 5) is 26.0. The maximum absolute atomic E-state index is 13.1. The first-order valence-electron chi connectivity index (χ1n) is 7.85. The summed E-state index contributed by atoms with van der Waals surface area (Å²) in [5.74, 6) is -1.57. The molecule has 2 aromatic rings. The summed E-state index contributed by atoms with van der Waals surface area (Å²) in [6, 6.07) is 14.1. The Morgan fingerprint density at radius 2 is 1.85 bits per heavy atom. The number of hydrogen-bond donors (Lipinski definition) is 1. The molecule has 1 saturated heterocycles. The smallest absolute Gasteiger partial charge is 0.262 e. The van der Waals surface area contributed by atoms with Crippen molar-refractivity contribution in [1.29, 1.82) is 5.26 Å². The number of rotatable bonds is 4. The summed E-state index contributed by atoms with van der Waals surface area (Å²) in [5.41, 5.74) is 6.27. The average Bonchev–Trinajstić information content (AvgIpc) is 2.94. The Morgan fingerprint density at radius 1 is 1.22 bits per heavy atom. The van der Waals surface area contributed by atoms with Gasteiger partial charge in [-0.1, -0.05) is 35.5 Å². The van der Waals surface area contributed by atoms with Crippen LogP contribution in [-0.2, 0) is 16.0 Å². The largest absolute Gasteiger partial charge is 0.365 e. The molecule has 0 bridgehead atoms. The van der Waals surface area contributed by atoms with Crippen LogP contribution >= 0.6 is 23.4 Å². The van der Waals surface area contributed by atoms with Gasteiger partial charge in [0.25, 0.3) is 5.91 Å². The Bertz CT molecular complexity index is 968. The molecule has 1 heterocycles. The molecule has 136 valence electrons. The SMILES string of the molecule is N#C/C(C(N)=O)=C1\S[C@H](Cc2ccc(F)cc2)C(=O)N1c1ccc(Cl)cc1. The van der Waals surface area contributed by atoms with Gasteiger partial charge in [-0.25, -0.2) is 4.39 Å². The first-order valence-corrected chi connectivity index (χ1v) is 9.11. The van der Waals surface area contributed by atoms with Gasteiger partial charge in [0.15, 0.2) is 0 Å². The molecule has 2 aromatic carbocycles. The predicted molar refractivity (Wildman–Crippen MR) is 102 cm³/mol. The van der Waals surface area contributed by atoms with E-state index >= 15 is 0 Å². The van der Waals surface area contributed by atoms with Crippen LogP contribution in [0.3, 0.4) is 0 Å². The molecular formula is C19H13ClFN3O2S. The fraction of sp³-hybridized carbons (Fsp3) is 0.105. The Hall–Kier alpha value is -2.82. The highest BCUT2D eigenvalue weighted by Gasteiger charge is 2.40. The van der Waals surface area contributed by atoms with Crippen molar-refractivity contribution in [2.24, 2.45) is 5.73 Å². The van der Waals surface area contributed by atoms with Crippen molar-refractivity contribution in [2.75, 3.05) is 4.90 Å². The molecule has 27 heavy (non-hydrogen) atoms. The van der Waals surface area contributed by atoms with Crippen LogP contribution in [0.2, 0.25) is 5.02 Å². The zero-order valence-electron chi connectivity index (χ0n) is 13.9. The van der Waals surface area contributed by atoms with Gasteiger partial charge in [-0.3, -0.25) is 14.5 Å². The molecule has 3 rings (SSSR count). The third-order valence-electron chi connectivity index (χ3n) is 3.94. The van der Waals surface area contributed by atoms with Crippen molar-refractivity contribution in [2.45, 2.75) is 11.7 Å². The quantitative estimate of drug-likeness (QED) is 0.628. The summed E-state index contributed by atoms with van der Waals surface area (Å²) in [5, 5.41) is 9.43. The minimum atomic E-state index is -0.908. The summed E-state index contributed by atoms with van der Waals surface area (Å²) < 4.78 is 13.1. The van der Waals surface area contributed by atoms with Crippen molar-refractivity contribution in [3.63, 3.8) is 0 Å². The third kappa shape index (κ3) is 3.97. The molecule has 5 nitrogen and oxygen atoms in total. The molecule has 0 saturated carbocycles. The van der Waals surface area contributed by atoms with E-state index in [1.165, 1.54) is 17.0 Å². The minimum absolute atomic E-state index is 0.185. The van der Waals surface area contributed by atoms with Crippen LogP contribution in [0.15, 0.2) is 59.1 Å². The van der Waals surface area contributed by atoms with Crippen LogP contribution in [0.1, 0.15) is 5.56 Å². The van der Waals surface area contributed by atoms with Crippen LogP contribution in [0.5, 0.6) is 0 Å². The number of halogens is 2. The standard InChI is InChI=1S/C19H13ClFN3O2S/c20-12-3-7-14(8-4-12)24-18(26)16(9-11-1-5-13(21)6-2-11)27-19(24)15(10-22)17(23)25/h1-8,16H,9H2,(H2,23,25)/b19-15+/t16-/m1/s1. The van der Waals surface area contributed by atoms with Gasteiger partial charge in [-0.05, 0) is 48.4 Å². The van der Waals surface area contributed by atoms with Gasteiger partial charge >= 0.3 is 0 Å². The Labute approximate surface area is 164 Å². The van der Waals surface area contributed by atoms with Gasteiger partial charge in [0.2, 0.25) is 5.91 Å². The number of anilines is 1. The van der Waals surface area contributed by atoms with E-state index < -0.39 is 11.2 Å². The van der Waals surface area contributed by atoms with Crippen molar-refractivity contribution in [1.82, 2.24) is 0 Å². The van der Waals surface area contributed by atoms with Gasteiger partial charge in [0.05, 0.1) is 5.25 Å². The fourth-order valence-electron chi connectivity index (χ4n) is 2.66. The molecule has 1 aliphatic rings. The lowest BCUT2D eigenvalue weighted by Gasteiger charge is -2.18. The normalized spacial score (nSPS) is 18.3. The van der Waals surface area contributed by atoms with Crippen molar-refractivity contribution < 1.29 is 14.0 Å². The second-order valence-electron chi connectivity index (χ2n) is 5.74. The molecule has 0 radical (unpaired) electrons. The number of nitrogens with two attached hydrogens (primary N) is 1. The summed E-state index contributed by atoms with van der Waals surface area (Å²) in [7, 11) is 0. The van der Waals surface area contributed by atoms with Gasteiger partial charge in [0, 0.05) is 10.7 Å². The van der Waals surface area contributed by atoms with Gasteiger partial charge < -0.3 is 5.73 Å². The first kappa shape index (κ1) is 19.0. The number of thioether (sulfide) groups is 1. The number of nitriles is 1. The first-order chi connectivity index (χ1) is 12.9. The van der Waals surface area contributed by atoms with Crippen LogP contribution in [0, 0.1) is 17.1 Å². The maximum Gasteiger partial charge on any atom is 0.262 e. The molecule has 8 heteroatoms. The van der Waals surface area contributed by atoms with Crippen LogP contribution < -0.4 is 10.6 Å². The van der Waals surface area contributed by atoms with E-state index in [9.17, 15) is 19.2 Å². The highest BCUT2D eigenvalue weighted by molar-refractivity contribution is 8.05. The third-order valence-corrected chi connectivity index (χ3v) is 5.46. The lowest BCUT2D eigenvalue weighted by atomic mass is 10.1. The zero-order chi connectivity index (χ0) is 19.6. The monoisotopic (exact) mass is 401 g/mol. The van der Waals surface area contributed by atoms with Crippen LogP contribution in [-0.4, -0.2) is 17.1 Å². The van der Waals surface area contributed by atoms with Crippen molar-refractivity contribution >= 4 is 40.9 Å². The topological polar surface area (TPSA) is 87.2 Å². The Morgan fingerprint density at radius 3 is 2.41 bits per heavy atom. The second kappa shape index (κ2) is 7.82. The lowest BCUT2D eigenvalue weighted by Crippen LogP contribution is -2.31. The number of benzene rings is 2. The van der Waals surface area contributed by atoms with Gasteiger partial charge in [-0.2, -0.15) is 5.26 Å². The summed E-state index contributed by atoms with van der Waals surface area (Å²) in [6.07, 6.45) is 0.314. The molecule has 0 aliphatic carbocycles. The highest BCUT2D eigenvalue weighted by atomic mass is 35.5. The number of carbonyl (C=O) groups is 2. The fourth-order valence-corrected chi connectivity index (χ4v) is 4.10. The minimum Gasteiger partial charge on any atom is -0.365 e. The highest BCUT2D eigenvalue weighted by Crippen LogP contribution is 2.42. The Balaban J connectivity index is 2.01. The lowest BCUT2D eigenvalue weighted by molar-refractivity contribution is -0.117. The van der Waals surface area contributed by atoms with Crippen LogP contribution in [0.25, 0.3) is 0 Å². The maximum atomic E-state index is 13.1. The molecule has 1 atom stereocenters. The molecule has 0 spiro atoms. The van der Waals surface area contributed by atoms with Crippen molar-refractivity contribution in [3.05, 3.63) is 75.5 Å². The number of primary amides is 1. The second-order valence-corrected chi connectivity index (χ2v) is 7.37. The molecule has 1 fully saturated rings. The van der Waals surface area contributed by atoms with E-state index in [0.717, 1.165) is 17.3 Å². The van der Waals surface area contributed by atoms with E-state index in [1.54, 1.807) is 42.5 Å². The molecular weight excluding hydrogens is 389 g/mol. The number of nitrogens with zero attached hydrogens (tertiary/aromatic N) is 2. The van der Waals surface area contributed by atoms with E-state index in [2.05, 4.69) is 0 Å². The molecule has 0 aromatic heterocycles. The van der Waals surface area contributed by atoms with Crippen molar-refractivity contribution in [3.8, 4) is 6.07 Å². The average molecular weight is 402 g/mol. The summed E-state index contributed by atoms with van der Waals surface area (Å²) >= 11 is 6.99. The molecule has 2 N–H and O–H groups in total. The molecule has 0 unspecified atom stereocenters. The van der Waals surface area contributed by atoms with E-state index in [1.807, 2.05) is 0 Å². The molecule has 2 amide bonds. The van der Waals surface area contributed by atoms with Gasteiger partial charge in [0.1, 0.15) is 22.5 Å². The Kier molecular flexibility index (Phi) is 5.49. The molecule has 1 aliphatic heterocycles. The number of hydrogen-bond acceptors (Lipinski definition) is 4. The van der Waals surface area contributed by atoms with E-state index in [-0.39, 0.29) is 22.3 Å². The zero-order valence-corrected chi connectivity index (χ0v) is 15.4. The number of amides is 2. The predicted octanol–water partition coefficient (Wildman–Crippen LogP) is 3.39. The van der Waals surface area contributed by atoms with E-state index in [4.69, 9.17) is 17.3 Å². The number of carbonyl (C=O) groups excluding carboxylic acids is 2.